The van der Waals surface area contributed by atoms with Crippen molar-refractivity contribution in [2.45, 2.75) is 38.6 Å². The largest absolute Gasteiger partial charge is 0.309 e. The first-order valence-corrected chi connectivity index (χ1v) is 6.01. The topological polar surface area (TPSA) is 20.3 Å². The van der Waals surface area contributed by atoms with Gasteiger partial charge in [0.25, 0.3) is 0 Å². The van der Waals surface area contributed by atoms with Gasteiger partial charge < -0.3 is 4.90 Å². The number of anilines is 1. The average Bonchev–Trinajstić information content (AvgIpc) is 2.50. The number of para-hydroxylation sites is 1. The van der Waals surface area contributed by atoms with Crippen molar-refractivity contribution in [2.24, 2.45) is 0 Å². The van der Waals surface area contributed by atoms with Crippen molar-refractivity contribution in [3.05, 3.63) is 29.8 Å². The third kappa shape index (κ3) is 1.65. The van der Waals surface area contributed by atoms with Gasteiger partial charge in [-0.25, -0.2) is 0 Å². The molecule has 1 amide bonds. The molecule has 0 saturated heterocycles. The highest BCUT2D eigenvalue weighted by molar-refractivity contribution is 6.08. The van der Waals surface area contributed by atoms with Crippen LogP contribution in [0.25, 0.3) is 0 Å². The summed E-state index contributed by atoms with van der Waals surface area (Å²) in [6.07, 6.45) is 0.256. The molecule has 1 aromatic carbocycles. The van der Waals surface area contributed by atoms with Crippen LogP contribution in [0, 0.1) is 0 Å². The van der Waals surface area contributed by atoms with Gasteiger partial charge in [-0.3, -0.25) is 9.18 Å². The molecule has 2 rings (SSSR count). The van der Waals surface area contributed by atoms with Crippen molar-refractivity contribution < 1.29 is 9.18 Å². The first-order chi connectivity index (χ1) is 8.02. The van der Waals surface area contributed by atoms with Gasteiger partial charge in [-0.15, -0.1) is 0 Å². The predicted molar refractivity (Wildman–Crippen MR) is 67.0 cm³/mol. The van der Waals surface area contributed by atoms with E-state index in [-0.39, 0.29) is 18.4 Å². The first-order valence-electron chi connectivity index (χ1n) is 6.01. The Morgan fingerprint density at radius 3 is 2.59 bits per heavy atom. The van der Waals surface area contributed by atoms with Crippen LogP contribution < -0.4 is 4.90 Å². The van der Waals surface area contributed by atoms with Gasteiger partial charge >= 0.3 is 0 Å². The summed E-state index contributed by atoms with van der Waals surface area (Å²) in [4.78, 5) is 14.3. The number of carbonyl (C=O) groups excluding carboxylic acids is 1. The summed E-state index contributed by atoms with van der Waals surface area (Å²) >= 11 is 0. The second-order valence-electron chi connectivity index (χ2n) is 5.06. The van der Waals surface area contributed by atoms with Gasteiger partial charge in [0.05, 0.1) is 12.1 Å². The van der Waals surface area contributed by atoms with E-state index in [1.807, 2.05) is 45.0 Å². The molecule has 1 aliphatic heterocycles. The predicted octanol–water partition coefficient (Wildman–Crippen LogP) is 3.06. The van der Waals surface area contributed by atoms with E-state index in [0.29, 0.717) is 0 Å². The molecule has 1 atom stereocenters. The normalized spacial score (nSPS) is 23.4. The highest BCUT2D eigenvalue weighted by Crippen LogP contribution is 2.44. The molecule has 1 aromatic rings. The zero-order chi connectivity index (χ0) is 12.6. The van der Waals surface area contributed by atoms with Gasteiger partial charge in [0, 0.05) is 11.7 Å². The van der Waals surface area contributed by atoms with E-state index in [2.05, 4.69) is 0 Å². The molecule has 0 saturated carbocycles. The lowest BCUT2D eigenvalue weighted by atomic mass is 9.81. The molecule has 2 nitrogen and oxygen atoms in total. The first kappa shape index (κ1) is 12.1. The molecule has 0 aromatic heterocycles. The maximum atomic E-state index is 12.7. The fourth-order valence-corrected chi connectivity index (χ4v) is 2.58. The average molecular weight is 235 g/mol. The van der Waals surface area contributed by atoms with Crippen molar-refractivity contribution in [1.82, 2.24) is 0 Å². The van der Waals surface area contributed by atoms with Crippen molar-refractivity contribution in [3.63, 3.8) is 0 Å². The van der Waals surface area contributed by atoms with Crippen LogP contribution in [0.1, 0.15) is 32.8 Å². The SMILES string of the molecule is CC(C)N1C(=O)C(C)(CCF)c2ccccc21. The standard InChI is InChI=1S/C14H18FNO/c1-10(2)16-12-7-5-4-6-11(12)14(3,8-9-15)13(16)17/h4-7,10H,8-9H2,1-3H3. The van der Waals surface area contributed by atoms with Crippen molar-refractivity contribution in [1.29, 1.82) is 0 Å². The molecule has 3 heteroatoms. The van der Waals surface area contributed by atoms with Crippen LogP contribution in [0.3, 0.4) is 0 Å². The maximum Gasteiger partial charge on any atom is 0.237 e. The number of alkyl halides is 1. The molecule has 92 valence electrons. The molecular weight excluding hydrogens is 217 g/mol. The van der Waals surface area contributed by atoms with Gasteiger partial charge in [0.1, 0.15) is 0 Å². The minimum Gasteiger partial charge on any atom is -0.309 e. The lowest BCUT2D eigenvalue weighted by molar-refractivity contribution is -0.123. The third-order valence-corrected chi connectivity index (χ3v) is 3.56. The lowest BCUT2D eigenvalue weighted by Gasteiger charge is -2.25. The maximum absolute atomic E-state index is 12.7. The molecule has 0 spiro atoms. The molecule has 0 N–H and O–H groups in total. The van der Waals surface area contributed by atoms with E-state index >= 15 is 0 Å². The number of carbonyl (C=O) groups is 1. The second-order valence-corrected chi connectivity index (χ2v) is 5.06. The molecule has 1 aliphatic rings. The Balaban J connectivity index is 2.56. The highest BCUT2D eigenvalue weighted by Gasteiger charge is 2.47. The fourth-order valence-electron chi connectivity index (χ4n) is 2.58. The summed E-state index contributed by atoms with van der Waals surface area (Å²) < 4.78 is 12.7. The Morgan fingerprint density at radius 1 is 1.35 bits per heavy atom. The van der Waals surface area contributed by atoms with Crippen molar-refractivity contribution in [2.75, 3.05) is 11.6 Å². The summed E-state index contributed by atoms with van der Waals surface area (Å²) in [6.45, 7) is 5.34. The highest BCUT2D eigenvalue weighted by atomic mass is 19.1. The quantitative estimate of drug-likeness (QED) is 0.788. The minimum atomic E-state index is -0.699. The number of hydrogen-bond acceptors (Lipinski definition) is 1. The summed E-state index contributed by atoms with van der Waals surface area (Å²) in [5, 5.41) is 0. The van der Waals surface area contributed by atoms with Crippen LogP contribution in [0.5, 0.6) is 0 Å². The number of halogens is 1. The third-order valence-electron chi connectivity index (χ3n) is 3.56. The Kier molecular flexibility index (Phi) is 2.94. The van der Waals surface area contributed by atoms with Gasteiger partial charge in [-0.1, -0.05) is 18.2 Å². The summed E-state index contributed by atoms with van der Waals surface area (Å²) in [5.41, 5.74) is 1.19. The van der Waals surface area contributed by atoms with E-state index in [1.54, 1.807) is 4.90 Å². The monoisotopic (exact) mass is 235 g/mol. The number of amides is 1. The molecule has 1 unspecified atom stereocenters. The molecular formula is C14H18FNO. The summed E-state index contributed by atoms with van der Waals surface area (Å²) in [5.74, 6) is 0.0198. The van der Waals surface area contributed by atoms with E-state index in [9.17, 15) is 9.18 Å². The molecule has 17 heavy (non-hydrogen) atoms. The number of hydrogen-bond donors (Lipinski definition) is 0. The van der Waals surface area contributed by atoms with E-state index < -0.39 is 12.1 Å². The smallest absolute Gasteiger partial charge is 0.237 e. The Hall–Kier alpha value is -1.38. The lowest BCUT2D eigenvalue weighted by Crippen LogP contribution is -2.42. The van der Waals surface area contributed by atoms with Gasteiger partial charge in [0.15, 0.2) is 0 Å². The minimum absolute atomic E-state index is 0.0198. The van der Waals surface area contributed by atoms with E-state index in [0.717, 1.165) is 11.3 Å². The van der Waals surface area contributed by atoms with Crippen LogP contribution in [-0.4, -0.2) is 18.6 Å². The number of nitrogens with zero attached hydrogens (tertiary/aromatic N) is 1. The fraction of sp³-hybridized carbons (Fsp3) is 0.500. The Morgan fingerprint density at radius 2 is 2.00 bits per heavy atom. The molecule has 0 fully saturated rings. The summed E-state index contributed by atoms with van der Waals surface area (Å²) in [7, 11) is 0. The van der Waals surface area contributed by atoms with Crippen LogP contribution in [0.15, 0.2) is 24.3 Å². The van der Waals surface area contributed by atoms with Gasteiger partial charge in [-0.05, 0) is 38.8 Å². The second kappa shape index (κ2) is 4.13. The van der Waals surface area contributed by atoms with Crippen LogP contribution in [0.2, 0.25) is 0 Å². The van der Waals surface area contributed by atoms with Gasteiger partial charge in [-0.2, -0.15) is 0 Å². The summed E-state index contributed by atoms with van der Waals surface area (Å²) in [6, 6.07) is 7.81. The molecule has 0 radical (unpaired) electrons. The number of benzene rings is 1. The van der Waals surface area contributed by atoms with Crippen molar-refractivity contribution in [3.8, 4) is 0 Å². The molecule has 1 heterocycles. The van der Waals surface area contributed by atoms with E-state index in [1.165, 1.54) is 0 Å². The van der Waals surface area contributed by atoms with E-state index in [4.69, 9.17) is 0 Å². The Labute approximate surface area is 101 Å². The number of fused-ring (bicyclic) bond motifs is 1. The van der Waals surface area contributed by atoms with Crippen molar-refractivity contribution >= 4 is 11.6 Å². The number of rotatable bonds is 3. The van der Waals surface area contributed by atoms with Crippen LogP contribution in [-0.2, 0) is 10.2 Å². The zero-order valence-electron chi connectivity index (χ0n) is 10.5. The zero-order valence-corrected chi connectivity index (χ0v) is 10.5. The van der Waals surface area contributed by atoms with Gasteiger partial charge in [0.2, 0.25) is 5.91 Å². The Bertz CT molecular complexity index is 444. The van der Waals surface area contributed by atoms with Crippen LogP contribution in [0.4, 0.5) is 10.1 Å². The molecule has 0 aliphatic carbocycles. The molecule has 0 bridgehead atoms. The van der Waals surface area contributed by atoms with Crippen LogP contribution >= 0.6 is 0 Å².